The maximum atomic E-state index is 11.9. The van der Waals surface area contributed by atoms with Gasteiger partial charge in [0.15, 0.2) is 6.04 Å². The Morgan fingerprint density at radius 1 is 1.32 bits per heavy atom. The first-order valence-corrected chi connectivity index (χ1v) is 7.19. The number of carbonyl (C=O) groups is 2. The van der Waals surface area contributed by atoms with E-state index in [0.717, 1.165) is 25.7 Å². The standard InChI is InChI=1S/C13H17NO4S/c15-7-9(13(17)18)14-12(16)11-6-8-4-2-1-3-5-10(8)19-11/h6,9,15H,1-5,7H2,(H,14,16)(H,17,18)/t9-/m1/s1. The molecule has 0 fully saturated rings. The van der Waals surface area contributed by atoms with Crippen LogP contribution in [0.1, 0.15) is 39.4 Å². The summed E-state index contributed by atoms with van der Waals surface area (Å²) in [5, 5.41) is 20.0. The number of aliphatic carboxylic acids is 1. The molecule has 0 spiro atoms. The lowest BCUT2D eigenvalue weighted by Crippen LogP contribution is -2.43. The van der Waals surface area contributed by atoms with E-state index in [9.17, 15) is 9.59 Å². The predicted octanol–water partition coefficient (Wildman–Crippen LogP) is 1.19. The van der Waals surface area contributed by atoms with Crippen LogP contribution >= 0.6 is 11.3 Å². The molecule has 0 saturated carbocycles. The maximum Gasteiger partial charge on any atom is 0.328 e. The third-order valence-corrected chi connectivity index (χ3v) is 4.49. The second-order valence-electron chi connectivity index (χ2n) is 4.67. The zero-order chi connectivity index (χ0) is 13.8. The lowest BCUT2D eigenvalue weighted by atomic mass is 10.1. The summed E-state index contributed by atoms with van der Waals surface area (Å²) in [5.41, 5.74) is 1.21. The van der Waals surface area contributed by atoms with Crippen molar-refractivity contribution in [1.29, 1.82) is 0 Å². The number of carbonyl (C=O) groups excluding carboxylic acids is 1. The number of hydrogen-bond acceptors (Lipinski definition) is 4. The van der Waals surface area contributed by atoms with Crippen molar-refractivity contribution < 1.29 is 19.8 Å². The summed E-state index contributed by atoms with van der Waals surface area (Å²) < 4.78 is 0. The minimum Gasteiger partial charge on any atom is -0.480 e. The highest BCUT2D eigenvalue weighted by Crippen LogP contribution is 2.28. The fourth-order valence-electron chi connectivity index (χ4n) is 2.19. The largest absolute Gasteiger partial charge is 0.480 e. The molecule has 19 heavy (non-hydrogen) atoms. The minimum atomic E-state index is -1.24. The van der Waals surface area contributed by atoms with Gasteiger partial charge in [-0.3, -0.25) is 4.79 Å². The normalized spacial score (nSPS) is 16.3. The molecule has 1 amide bonds. The van der Waals surface area contributed by atoms with Gasteiger partial charge in [0, 0.05) is 4.88 Å². The molecular weight excluding hydrogens is 266 g/mol. The molecular formula is C13H17NO4S. The van der Waals surface area contributed by atoms with Gasteiger partial charge in [0.2, 0.25) is 0 Å². The van der Waals surface area contributed by atoms with Crippen LogP contribution < -0.4 is 5.32 Å². The molecule has 0 radical (unpaired) electrons. The van der Waals surface area contributed by atoms with Gasteiger partial charge in [-0.05, 0) is 37.3 Å². The molecule has 1 aliphatic rings. The van der Waals surface area contributed by atoms with Gasteiger partial charge in [-0.15, -0.1) is 11.3 Å². The van der Waals surface area contributed by atoms with Gasteiger partial charge in [-0.2, -0.15) is 0 Å². The van der Waals surface area contributed by atoms with Gasteiger partial charge >= 0.3 is 5.97 Å². The van der Waals surface area contributed by atoms with Crippen LogP contribution in [0.5, 0.6) is 0 Å². The summed E-state index contributed by atoms with van der Waals surface area (Å²) in [6.07, 6.45) is 5.48. The van der Waals surface area contributed by atoms with Crippen molar-refractivity contribution >= 4 is 23.2 Å². The predicted molar refractivity (Wildman–Crippen MR) is 71.6 cm³/mol. The third kappa shape index (κ3) is 3.33. The van der Waals surface area contributed by atoms with Crippen LogP contribution in [0, 0.1) is 0 Å². The van der Waals surface area contributed by atoms with E-state index < -0.39 is 24.5 Å². The number of rotatable bonds is 4. The molecule has 0 saturated heterocycles. The first-order chi connectivity index (χ1) is 9.11. The Balaban J connectivity index is 2.09. The topological polar surface area (TPSA) is 86.6 Å². The lowest BCUT2D eigenvalue weighted by Gasteiger charge is -2.10. The number of carboxylic acid groups (broad SMARTS) is 1. The zero-order valence-corrected chi connectivity index (χ0v) is 11.3. The van der Waals surface area contributed by atoms with Crippen LogP contribution in [0.15, 0.2) is 6.07 Å². The van der Waals surface area contributed by atoms with Gasteiger partial charge < -0.3 is 15.5 Å². The van der Waals surface area contributed by atoms with Crippen LogP contribution in [0.4, 0.5) is 0 Å². The van der Waals surface area contributed by atoms with E-state index in [1.165, 1.54) is 28.2 Å². The first kappa shape index (κ1) is 14.0. The van der Waals surface area contributed by atoms with Crippen molar-refractivity contribution in [2.45, 2.75) is 38.1 Å². The van der Waals surface area contributed by atoms with Crippen molar-refractivity contribution in [3.05, 3.63) is 21.4 Å². The molecule has 5 nitrogen and oxygen atoms in total. The summed E-state index contributed by atoms with van der Waals surface area (Å²) in [6, 6.07) is 0.617. The fraction of sp³-hybridized carbons (Fsp3) is 0.538. The highest BCUT2D eigenvalue weighted by Gasteiger charge is 2.22. The molecule has 0 aromatic carbocycles. The number of hydrogen-bond donors (Lipinski definition) is 3. The van der Waals surface area contributed by atoms with Crippen molar-refractivity contribution in [3.63, 3.8) is 0 Å². The van der Waals surface area contributed by atoms with Crippen molar-refractivity contribution in [2.75, 3.05) is 6.61 Å². The average molecular weight is 283 g/mol. The number of aryl methyl sites for hydroxylation is 2. The van der Waals surface area contributed by atoms with Crippen molar-refractivity contribution in [2.24, 2.45) is 0 Å². The summed E-state index contributed by atoms with van der Waals surface area (Å²) in [7, 11) is 0. The lowest BCUT2D eigenvalue weighted by molar-refractivity contribution is -0.140. The van der Waals surface area contributed by atoms with Crippen LogP contribution in [-0.4, -0.2) is 34.7 Å². The van der Waals surface area contributed by atoms with E-state index in [0.29, 0.717) is 4.88 Å². The molecule has 6 heteroatoms. The van der Waals surface area contributed by atoms with Gasteiger partial charge in [0.25, 0.3) is 5.91 Å². The Morgan fingerprint density at radius 3 is 2.74 bits per heavy atom. The van der Waals surface area contributed by atoms with Crippen LogP contribution in [0.25, 0.3) is 0 Å². The van der Waals surface area contributed by atoms with Gasteiger partial charge in [-0.25, -0.2) is 4.79 Å². The van der Waals surface area contributed by atoms with E-state index in [-0.39, 0.29) is 0 Å². The number of carboxylic acids is 1. The van der Waals surface area contributed by atoms with E-state index in [2.05, 4.69) is 5.32 Å². The Kier molecular flexibility index (Phi) is 4.55. The minimum absolute atomic E-state index is 0.417. The highest BCUT2D eigenvalue weighted by atomic mass is 32.1. The molecule has 1 aromatic rings. The molecule has 104 valence electrons. The Hall–Kier alpha value is -1.40. The number of aliphatic hydroxyl groups excluding tert-OH is 1. The molecule has 1 heterocycles. The van der Waals surface area contributed by atoms with Gasteiger partial charge in [0.05, 0.1) is 11.5 Å². The van der Waals surface area contributed by atoms with Crippen LogP contribution in [-0.2, 0) is 17.6 Å². The molecule has 1 aromatic heterocycles. The van der Waals surface area contributed by atoms with Crippen molar-refractivity contribution in [1.82, 2.24) is 5.32 Å². The van der Waals surface area contributed by atoms with E-state index in [1.807, 2.05) is 6.07 Å². The molecule has 0 bridgehead atoms. The summed E-state index contributed by atoms with van der Waals surface area (Å²) >= 11 is 1.43. The monoisotopic (exact) mass is 283 g/mol. The smallest absolute Gasteiger partial charge is 0.328 e. The summed E-state index contributed by atoms with van der Waals surface area (Å²) in [5.74, 6) is -1.64. The Morgan fingerprint density at radius 2 is 2.05 bits per heavy atom. The number of amides is 1. The fourth-order valence-corrected chi connectivity index (χ4v) is 3.35. The quantitative estimate of drug-likeness (QED) is 0.724. The first-order valence-electron chi connectivity index (χ1n) is 6.38. The molecule has 0 unspecified atom stereocenters. The van der Waals surface area contributed by atoms with Crippen molar-refractivity contribution in [3.8, 4) is 0 Å². The number of nitrogens with one attached hydrogen (secondary N) is 1. The Labute approximate surface area is 115 Å². The van der Waals surface area contributed by atoms with Gasteiger partial charge in [0.1, 0.15) is 0 Å². The number of thiophene rings is 1. The Bertz CT molecular complexity index is 459. The molecule has 1 atom stereocenters. The molecule has 2 rings (SSSR count). The summed E-state index contributed by atoms with van der Waals surface area (Å²) in [4.78, 5) is 24.5. The highest BCUT2D eigenvalue weighted by molar-refractivity contribution is 7.14. The third-order valence-electron chi connectivity index (χ3n) is 3.26. The van der Waals surface area contributed by atoms with Gasteiger partial charge in [-0.1, -0.05) is 6.42 Å². The SMILES string of the molecule is O=C(N[C@H](CO)C(=O)O)c1cc2c(s1)CCCCC2. The summed E-state index contributed by atoms with van der Waals surface area (Å²) in [6.45, 7) is -0.605. The second kappa shape index (κ2) is 6.16. The molecule has 0 aliphatic heterocycles. The number of aliphatic hydroxyl groups is 1. The zero-order valence-electron chi connectivity index (χ0n) is 10.5. The second-order valence-corrected chi connectivity index (χ2v) is 5.80. The van der Waals surface area contributed by atoms with E-state index in [4.69, 9.17) is 10.2 Å². The average Bonchev–Trinajstić information content (AvgIpc) is 2.67. The van der Waals surface area contributed by atoms with E-state index >= 15 is 0 Å². The van der Waals surface area contributed by atoms with Crippen LogP contribution in [0.2, 0.25) is 0 Å². The van der Waals surface area contributed by atoms with Crippen LogP contribution in [0.3, 0.4) is 0 Å². The maximum absolute atomic E-state index is 11.9. The number of fused-ring (bicyclic) bond motifs is 1. The molecule has 1 aliphatic carbocycles. The molecule has 3 N–H and O–H groups in total. The van der Waals surface area contributed by atoms with E-state index in [1.54, 1.807) is 0 Å².